The topological polar surface area (TPSA) is 53.5 Å². The van der Waals surface area contributed by atoms with Crippen LogP contribution < -0.4 is 0 Å². The molecule has 0 bridgehead atoms. The number of Topliss-reactive ketones (excluding diaryl/α,β-unsaturated/α-hetero) is 1. The molecule has 4 heteroatoms. The number of nitrogens with zero attached hydrogens (tertiary/aromatic N) is 2. The summed E-state index contributed by atoms with van der Waals surface area (Å²) in [6, 6.07) is 0. The molecule has 78 valence electrons. The molecule has 0 aromatic heterocycles. The number of carbonyl (C=O) groups is 1. The standard InChI is InChI=1S/C10H14N2O.ClH/c11-12-9-8(13)4-7-10(9)5-2-1-3-6-10;/h1-7H2;1H. The van der Waals surface area contributed by atoms with Gasteiger partial charge < -0.3 is 5.53 Å². The molecular weight excluding hydrogens is 200 g/mol. The Morgan fingerprint density at radius 2 is 1.79 bits per heavy atom. The summed E-state index contributed by atoms with van der Waals surface area (Å²) in [5, 5.41) is 0. The second-order valence-corrected chi connectivity index (χ2v) is 4.21. The fraction of sp³-hybridized carbons (Fsp3) is 0.800. The largest absolute Gasteiger partial charge is 0.361 e. The zero-order valence-corrected chi connectivity index (χ0v) is 8.98. The molecule has 0 radical (unpaired) electrons. The third-order valence-electron chi connectivity index (χ3n) is 3.51. The van der Waals surface area contributed by atoms with E-state index >= 15 is 0 Å². The van der Waals surface area contributed by atoms with Crippen LogP contribution in [0.2, 0.25) is 0 Å². The van der Waals surface area contributed by atoms with Crippen LogP contribution in [0.3, 0.4) is 0 Å². The zero-order valence-electron chi connectivity index (χ0n) is 8.16. The van der Waals surface area contributed by atoms with Crippen molar-refractivity contribution >= 4 is 23.9 Å². The van der Waals surface area contributed by atoms with E-state index in [0.29, 0.717) is 12.1 Å². The number of rotatable bonds is 0. The predicted octanol–water partition coefficient (Wildman–Crippen LogP) is 2.39. The highest BCUT2D eigenvalue weighted by atomic mass is 35.5. The van der Waals surface area contributed by atoms with Gasteiger partial charge in [0.2, 0.25) is 5.78 Å². The molecule has 14 heavy (non-hydrogen) atoms. The molecule has 0 aromatic rings. The minimum Gasteiger partial charge on any atom is -0.361 e. The molecule has 3 nitrogen and oxygen atoms in total. The second kappa shape index (κ2) is 4.24. The van der Waals surface area contributed by atoms with Crippen molar-refractivity contribution in [3.63, 3.8) is 0 Å². The minimum absolute atomic E-state index is 0. The van der Waals surface area contributed by atoms with E-state index in [1.54, 1.807) is 0 Å². The second-order valence-electron chi connectivity index (χ2n) is 4.21. The Hall–Kier alpha value is -0.660. The molecule has 0 heterocycles. The third-order valence-corrected chi connectivity index (χ3v) is 3.51. The van der Waals surface area contributed by atoms with Crippen LogP contribution in [0.4, 0.5) is 0 Å². The van der Waals surface area contributed by atoms with E-state index in [-0.39, 0.29) is 23.6 Å². The smallest absolute Gasteiger partial charge is 0.340 e. The maximum Gasteiger partial charge on any atom is 0.340 e. The van der Waals surface area contributed by atoms with E-state index in [0.717, 1.165) is 19.3 Å². The number of carbonyl (C=O) groups excluding carboxylic acids is 1. The zero-order chi connectivity index (χ0) is 9.31. The van der Waals surface area contributed by atoms with Crippen LogP contribution in [0.15, 0.2) is 0 Å². The van der Waals surface area contributed by atoms with E-state index < -0.39 is 0 Å². The maximum atomic E-state index is 11.4. The van der Waals surface area contributed by atoms with Crippen LogP contribution in [0, 0.1) is 5.41 Å². The summed E-state index contributed by atoms with van der Waals surface area (Å²) in [6.45, 7) is 0. The third kappa shape index (κ3) is 1.62. The summed E-state index contributed by atoms with van der Waals surface area (Å²) in [7, 11) is 0. The van der Waals surface area contributed by atoms with Gasteiger partial charge in [-0.25, -0.2) is 0 Å². The Morgan fingerprint density at radius 3 is 2.36 bits per heavy atom. The molecule has 0 atom stereocenters. The van der Waals surface area contributed by atoms with Crippen molar-refractivity contribution in [3.8, 4) is 0 Å². The van der Waals surface area contributed by atoms with Crippen LogP contribution in [-0.2, 0) is 4.79 Å². The van der Waals surface area contributed by atoms with Crippen molar-refractivity contribution in [3.05, 3.63) is 5.53 Å². The summed E-state index contributed by atoms with van der Waals surface area (Å²) in [5.74, 6) is 0.0596. The average molecular weight is 215 g/mol. The van der Waals surface area contributed by atoms with Crippen molar-refractivity contribution in [2.24, 2.45) is 5.41 Å². The highest BCUT2D eigenvalue weighted by Gasteiger charge is 2.51. The Kier molecular flexibility index (Phi) is 3.46. The fourth-order valence-corrected chi connectivity index (χ4v) is 2.76. The lowest BCUT2D eigenvalue weighted by Gasteiger charge is -2.27. The van der Waals surface area contributed by atoms with Gasteiger partial charge in [0.05, 0.1) is 5.41 Å². The Morgan fingerprint density at radius 1 is 1.14 bits per heavy atom. The molecule has 0 saturated heterocycles. The Balaban J connectivity index is 0.000000980. The SMILES string of the molecule is Cl.[N-]=[N+]=C1C(=O)CCC12CCCCC2. The van der Waals surface area contributed by atoms with E-state index in [4.69, 9.17) is 5.53 Å². The molecule has 2 fully saturated rings. The van der Waals surface area contributed by atoms with Crippen molar-refractivity contribution in [1.82, 2.24) is 0 Å². The molecule has 0 aliphatic heterocycles. The molecular formula is C10H15ClN2O. The fourth-order valence-electron chi connectivity index (χ4n) is 2.76. The van der Waals surface area contributed by atoms with Crippen LogP contribution in [0.1, 0.15) is 44.9 Å². The molecule has 1 spiro atoms. The van der Waals surface area contributed by atoms with E-state index in [9.17, 15) is 4.79 Å². The number of halogens is 1. The summed E-state index contributed by atoms with van der Waals surface area (Å²) in [5.41, 5.74) is 9.25. The summed E-state index contributed by atoms with van der Waals surface area (Å²) >= 11 is 0. The molecule has 0 N–H and O–H groups in total. The lowest BCUT2D eigenvalue weighted by atomic mass is 9.72. The highest BCUT2D eigenvalue weighted by Crippen LogP contribution is 2.45. The van der Waals surface area contributed by atoms with E-state index in [1.165, 1.54) is 19.3 Å². The van der Waals surface area contributed by atoms with Crippen molar-refractivity contribution in [2.45, 2.75) is 44.9 Å². The molecule has 2 aliphatic carbocycles. The van der Waals surface area contributed by atoms with Gasteiger partial charge in [0.15, 0.2) is 0 Å². The van der Waals surface area contributed by atoms with Gasteiger partial charge in [-0.1, -0.05) is 19.3 Å². The molecule has 0 unspecified atom stereocenters. The maximum absolute atomic E-state index is 11.4. The summed E-state index contributed by atoms with van der Waals surface area (Å²) in [6.07, 6.45) is 7.17. The number of hydrogen-bond donors (Lipinski definition) is 0. The molecule has 2 rings (SSSR count). The first kappa shape index (κ1) is 11.4. The van der Waals surface area contributed by atoms with Gasteiger partial charge >= 0.3 is 5.71 Å². The van der Waals surface area contributed by atoms with Crippen LogP contribution in [-0.4, -0.2) is 16.3 Å². The van der Waals surface area contributed by atoms with E-state index in [2.05, 4.69) is 4.79 Å². The lowest BCUT2D eigenvalue weighted by Crippen LogP contribution is -2.32. The Bertz CT molecular complexity index is 288. The number of ketones is 1. The van der Waals surface area contributed by atoms with Crippen LogP contribution >= 0.6 is 12.4 Å². The monoisotopic (exact) mass is 214 g/mol. The quantitative estimate of drug-likeness (QED) is 0.451. The predicted molar refractivity (Wildman–Crippen MR) is 55.6 cm³/mol. The van der Waals surface area contributed by atoms with Gasteiger partial charge in [0.1, 0.15) is 0 Å². The minimum atomic E-state index is -0.0376. The van der Waals surface area contributed by atoms with Gasteiger partial charge in [-0.3, -0.25) is 4.79 Å². The van der Waals surface area contributed by atoms with Gasteiger partial charge in [-0.15, -0.1) is 12.4 Å². The van der Waals surface area contributed by atoms with Gasteiger partial charge in [-0.2, -0.15) is 4.79 Å². The van der Waals surface area contributed by atoms with Crippen molar-refractivity contribution < 1.29 is 9.58 Å². The van der Waals surface area contributed by atoms with Gasteiger partial charge in [0.25, 0.3) is 0 Å². The first-order valence-corrected chi connectivity index (χ1v) is 5.04. The molecule has 0 aromatic carbocycles. The summed E-state index contributed by atoms with van der Waals surface area (Å²) in [4.78, 5) is 14.6. The van der Waals surface area contributed by atoms with Crippen molar-refractivity contribution in [1.29, 1.82) is 0 Å². The average Bonchev–Trinajstić information content (AvgIpc) is 2.45. The normalized spacial score (nSPS) is 24.6. The van der Waals surface area contributed by atoms with Gasteiger partial charge in [0, 0.05) is 6.42 Å². The summed E-state index contributed by atoms with van der Waals surface area (Å²) < 4.78 is 0. The van der Waals surface area contributed by atoms with Crippen LogP contribution in [0.5, 0.6) is 0 Å². The number of hydrogen-bond acceptors (Lipinski definition) is 1. The highest BCUT2D eigenvalue weighted by molar-refractivity contribution is 6.41. The first-order chi connectivity index (χ1) is 6.28. The molecule has 2 aliphatic rings. The molecule has 0 amide bonds. The molecule has 2 saturated carbocycles. The van der Waals surface area contributed by atoms with Crippen molar-refractivity contribution in [2.75, 3.05) is 0 Å². The van der Waals surface area contributed by atoms with E-state index in [1.807, 2.05) is 0 Å². The Labute approximate surface area is 89.9 Å². The van der Waals surface area contributed by atoms with Crippen LogP contribution in [0.25, 0.3) is 5.53 Å². The van der Waals surface area contributed by atoms with Gasteiger partial charge in [-0.05, 0) is 19.3 Å². The lowest BCUT2D eigenvalue weighted by molar-refractivity contribution is -0.116. The first-order valence-electron chi connectivity index (χ1n) is 5.04.